The normalized spacial score (nSPS) is 25.3. The number of ether oxygens (including phenoxy) is 1. The lowest BCUT2D eigenvalue weighted by molar-refractivity contribution is 0.151. The van der Waals surface area contributed by atoms with E-state index in [0.29, 0.717) is 37.0 Å². The molecule has 0 radical (unpaired) electrons. The van der Waals surface area contributed by atoms with Crippen molar-refractivity contribution in [3.05, 3.63) is 47.7 Å². The first-order chi connectivity index (χ1) is 14.4. The van der Waals surface area contributed by atoms with Gasteiger partial charge in [-0.1, -0.05) is 0 Å². The Hall–Kier alpha value is -2.10. The van der Waals surface area contributed by atoms with Gasteiger partial charge in [0.1, 0.15) is 11.9 Å². The van der Waals surface area contributed by atoms with E-state index in [4.69, 9.17) is 4.74 Å². The van der Waals surface area contributed by atoms with Crippen LogP contribution in [0.3, 0.4) is 0 Å². The van der Waals surface area contributed by atoms with Crippen LogP contribution in [0.4, 0.5) is 4.39 Å². The third kappa shape index (κ3) is 3.81. The summed E-state index contributed by atoms with van der Waals surface area (Å²) in [7, 11) is -3.65. The highest BCUT2D eigenvalue weighted by Crippen LogP contribution is 2.38. The molecule has 2 atom stereocenters. The van der Waals surface area contributed by atoms with Crippen LogP contribution in [-0.2, 0) is 10.0 Å². The molecule has 7 nitrogen and oxygen atoms in total. The molecule has 1 aromatic heterocycles. The van der Waals surface area contributed by atoms with Crippen LogP contribution in [0.15, 0.2) is 35.5 Å². The molecule has 0 bridgehead atoms. The molecular formula is C21H25FN4O3S. The van der Waals surface area contributed by atoms with Crippen LogP contribution < -0.4 is 4.74 Å². The number of hydrogen-bond acceptors (Lipinski definition) is 6. The van der Waals surface area contributed by atoms with Crippen molar-refractivity contribution < 1.29 is 17.5 Å². The van der Waals surface area contributed by atoms with Crippen molar-refractivity contribution in [3.63, 3.8) is 0 Å². The minimum atomic E-state index is -3.65. The second kappa shape index (κ2) is 7.55. The Bertz CT molecular complexity index is 1040. The maximum Gasteiger partial charge on any atom is 0.243 e. The summed E-state index contributed by atoms with van der Waals surface area (Å²) < 4.78 is 47.2. The van der Waals surface area contributed by atoms with Gasteiger partial charge in [-0.15, -0.1) is 0 Å². The summed E-state index contributed by atoms with van der Waals surface area (Å²) in [6.07, 6.45) is 6.57. The Kier molecular flexibility index (Phi) is 4.99. The van der Waals surface area contributed by atoms with Crippen molar-refractivity contribution in [2.75, 3.05) is 26.2 Å². The van der Waals surface area contributed by atoms with Gasteiger partial charge < -0.3 is 4.74 Å². The predicted octanol–water partition coefficient (Wildman–Crippen LogP) is 2.33. The number of benzene rings is 1. The van der Waals surface area contributed by atoms with E-state index in [1.807, 2.05) is 0 Å². The van der Waals surface area contributed by atoms with Gasteiger partial charge in [0.05, 0.1) is 23.0 Å². The Balaban J connectivity index is 1.24. The summed E-state index contributed by atoms with van der Waals surface area (Å²) in [4.78, 5) is 11.3. The Morgan fingerprint density at radius 1 is 1.13 bits per heavy atom. The standard InChI is InChI=1S/C21H25FN4O3S/c1-14-8-16(22)4-5-20(14)30(27,28)26-7-6-25-13-18(9-17(25)12-26)29-21-11-23-19(10-24-21)15-2-3-15/h4-5,8,10-11,15,17-18H,2-3,6-7,9,12-13H2,1H3/t17-,18+/m0/s1. The van der Waals surface area contributed by atoms with Crippen LogP contribution in [-0.4, -0.2) is 65.9 Å². The molecule has 0 unspecified atom stereocenters. The van der Waals surface area contributed by atoms with Crippen LogP contribution in [0.5, 0.6) is 5.88 Å². The molecule has 9 heteroatoms. The highest BCUT2D eigenvalue weighted by molar-refractivity contribution is 7.89. The van der Waals surface area contributed by atoms with E-state index in [1.165, 1.54) is 35.3 Å². The summed E-state index contributed by atoms with van der Waals surface area (Å²) in [6, 6.07) is 3.91. The second-order valence-corrected chi connectivity index (χ2v) is 10.4. The molecule has 160 valence electrons. The molecule has 3 heterocycles. The summed E-state index contributed by atoms with van der Waals surface area (Å²) >= 11 is 0. The number of halogens is 1. The topological polar surface area (TPSA) is 75.6 Å². The van der Waals surface area contributed by atoms with Gasteiger partial charge in [0.2, 0.25) is 15.9 Å². The van der Waals surface area contributed by atoms with Crippen molar-refractivity contribution in [2.24, 2.45) is 0 Å². The lowest BCUT2D eigenvalue weighted by Crippen LogP contribution is -2.52. The summed E-state index contributed by atoms with van der Waals surface area (Å²) in [6.45, 7) is 3.85. The number of aryl methyl sites for hydroxylation is 1. The van der Waals surface area contributed by atoms with E-state index in [2.05, 4.69) is 14.9 Å². The fourth-order valence-corrected chi connectivity index (χ4v) is 6.13. The zero-order valence-electron chi connectivity index (χ0n) is 16.9. The smallest absolute Gasteiger partial charge is 0.243 e. The molecule has 2 aromatic rings. The minimum Gasteiger partial charge on any atom is -0.472 e. The van der Waals surface area contributed by atoms with Gasteiger partial charge in [0, 0.05) is 44.6 Å². The summed E-state index contributed by atoms with van der Waals surface area (Å²) in [5.41, 5.74) is 1.46. The molecule has 1 saturated carbocycles. The SMILES string of the molecule is Cc1cc(F)ccc1S(=O)(=O)N1CCN2C[C@H](Oc3cnc(C4CC4)cn3)C[C@H]2C1. The number of aromatic nitrogens is 2. The first-order valence-corrected chi connectivity index (χ1v) is 11.8. The lowest BCUT2D eigenvalue weighted by Gasteiger charge is -2.36. The predicted molar refractivity (Wildman–Crippen MR) is 108 cm³/mol. The fraction of sp³-hybridized carbons (Fsp3) is 0.524. The third-order valence-corrected chi connectivity index (χ3v) is 8.25. The van der Waals surface area contributed by atoms with E-state index < -0.39 is 15.8 Å². The third-order valence-electron chi connectivity index (χ3n) is 6.23. The average Bonchev–Trinajstić information content (AvgIpc) is 3.48. The maximum absolute atomic E-state index is 13.4. The molecule has 3 fully saturated rings. The number of piperazine rings is 1. The van der Waals surface area contributed by atoms with E-state index in [1.54, 1.807) is 19.3 Å². The zero-order valence-corrected chi connectivity index (χ0v) is 17.7. The molecule has 0 amide bonds. The van der Waals surface area contributed by atoms with Crippen molar-refractivity contribution in [1.82, 2.24) is 19.2 Å². The molecule has 30 heavy (non-hydrogen) atoms. The fourth-order valence-electron chi connectivity index (χ4n) is 4.46. The van der Waals surface area contributed by atoms with Crippen molar-refractivity contribution in [1.29, 1.82) is 0 Å². The number of rotatable bonds is 5. The first-order valence-electron chi connectivity index (χ1n) is 10.4. The molecule has 5 rings (SSSR count). The maximum atomic E-state index is 13.4. The first kappa shape index (κ1) is 19.8. The van der Waals surface area contributed by atoms with Gasteiger partial charge in [-0.3, -0.25) is 9.88 Å². The molecule has 0 N–H and O–H groups in total. The van der Waals surface area contributed by atoms with Crippen LogP contribution >= 0.6 is 0 Å². The quantitative estimate of drug-likeness (QED) is 0.722. The van der Waals surface area contributed by atoms with E-state index >= 15 is 0 Å². The van der Waals surface area contributed by atoms with Gasteiger partial charge in [0.25, 0.3) is 0 Å². The van der Waals surface area contributed by atoms with Crippen LogP contribution in [0.1, 0.15) is 36.4 Å². The molecule has 3 aliphatic rings. The molecule has 1 aromatic carbocycles. The second-order valence-electron chi connectivity index (χ2n) is 8.45. The lowest BCUT2D eigenvalue weighted by atomic mass is 10.2. The van der Waals surface area contributed by atoms with Gasteiger partial charge in [-0.25, -0.2) is 17.8 Å². The average molecular weight is 433 g/mol. The molecule has 2 saturated heterocycles. The Morgan fingerprint density at radius 2 is 1.97 bits per heavy atom. The Labute approximate surface area is 175 Å². The van der Waals surface area contributed by atoms with Crippen LogP contribution in [0.25, 0.3) is 0 Å². The highest BCUT2D eigenvalue weighted by atomic mass is 32.2. The van der Waals surface area contributed by atoms with Crippen molar-refractivity contribution in [2.45, 2.75) is 49.1 Å². The minimum absolute atomic E-state index is 0.0358. The van der Waals surface area contributed by atoms with Crippen LogP contribution in [0, 0.1) is 12.7 Å². The monoisotopic (exact) mass is 432 g/mol. The molecular weight excluding hydrogens is 407 g/mol. The summed E-state index contributed by atoms with van der Waals surface area (Å²) in [5.74, 6) is 0.653. The van der Waals surface area contributed by atoms with Gasteiger partial charge in [0.15, 0.2) is 0 Å². The molecule has 0 spiro atoms. The highest BCUT2D eigenvalue weighted by Gasteiger charge is 2.41. The van der Waals surface area contributed by atoms with Crippen molar-refractivity contribution in [3.8, 4) is 5.88 Å². The van der Waals surface area contributed by atoms with E-state index in [0.717, 1.165) is 18.7 Å². The number of fused-ring (bicyclic) bond motifs is 1. The van der Waals surface area contributed by atoms with Gasteiger partial charge >= 0.3 is 0 Å². The molecule has 1 aliphatic carbocycles. The Morgan fingerprint density at radius 3 is 2.67 bits per heavy atom. The van der Waals surface area contributed by atoms with Gasteiger partial charge in [-0.2, -0.15) is 4.31 Å². The molecule has 2 aliphatic heterocycles. The van der Waals surface area contributed by atoms with E-state index in [9.17, 15) is 12.8 Å². The number of sulfonamides is 1. The van der Waals surface area contributed by atoms with Gasteiger partial charge in [-0.05, 0) is 43.5 Å². The van der Waals surface area contributed by atoms with Crippen molar-refractivity contribution >= 4 is 10.0 Å². The van der Waals surface area contributed by atoms with E-state index in [-0.39, 0.29) is 17.0 Å². The largest absolute Gasteiger partial charge is 0.472 e. The summed E-state index contributed by atoms with van der Waals surface area (Å²) in [5, 5.41) is 0. The number of nitrogens with zero attached hydrogens (tertiary/aromatic N) is 4. The zero-order chi connectivity index (χ0) is 20.9. The van der Waals surface area contributed by atoms with Crippen LogP contribution in [0.2, 0.25) is 0 Å². The number of hydrogen-bond donors (Lipinski definition) is 0.